The summed E-state index contributed by atoms with van der Waals surface area (Å²) in [7, 11) is 0. The monoisotopic (exact) mass is 1420 g/mol. The molecular formula is C108H113N. The largest absolute Gasteiger partial charge is 0.256 e. The highest BCUT2D eigenvalue weighted by Crippen LogP contribution is 2.41. The average molecular weight is 1430 g/mol. The fourth-order valence-corrected chi connectivity index (χ4v) is 16.9. The van der Waals surface area contributed by atoms with Gasteiger partial charge in [-0.3, -0.25) is 4.98 Å². The summed E-state index contributed by atoms with van der Waals surface area (Å²) in [4.78, 5) is 4.66. The molecule has 2 saturated carbocycles. The summed E-state index contributed by atoms with van der Waals surface area (Å²) in [5.41, 5.74) is 26.2. The zero-order valence-corrected chi connectivity index (χ0v) is 67.2. The van der Waals surface area contributed by atoms with Crippen LogP contribution in [0.5, 0.6) is 0 Å². The predicted octanol–water partition coefficient (Wildman–Crippen LogP) is 31.2. The average Bonchev–Trinajstić information content (AvgIpc) is 1.21. The Morgan fingerprint density at radius 3 is 0.936 bits per heavy atom. The number of hydrogen-bond acceptors (Lipinski definition) is 1. The fourth-order valence-electron chi connectivity index (χ4n) is 16.9. The number of pyridine rings is 1. The van der Waals surface area contributed by atoms with Gasteiger partial charge in [0.1, 0.15) is 0 Å². The van der Waals surface area contributed by atoms with E-state index in [1.807, 2.05) is 6.20 Å². The molecule has 0 unspecified atom stereocenters. The van der Waals surface area contributed by atoms with Crippen LogP contribution in [0.1, 0.15) is 176 Å². The predicted molar refractivity (Wildman–Crippen MR) is 476 cm³/mol. The minimum absolute atomic E-state index is 0.303. The number of nitrogens with zero attached hydrogens (tertiary/aromatic N) is 1. The van der Waals surface area contributed by atoms with E-state index in [0.717, 1.165) is 36.8 Å². The molecule has 2 fully saturated rings. The summed E-state index contributed by atoms with van der Waals surface area (Å²) >= 11 is 0. The Morgan fingerprint density at radius 1 is 0.257 bits per heavy atom. The van der Waals surface area contributed by atoms with Gasteiger partial charge in [0, 0.05) is 17.1 Å². The van der Waals surface area contributed by atoms with Gasteiger partial charge in [-0.25, -0.2) is 0 Å². The van der Waals surface area contributed by atoms with Gasteiger partial charge in [0.25, 0.3) is 0 Å². The van der Waals surface area contributed by atoms with Crippen molar-refractivity contribution < 1.29 is 0 Å². The van der Waals surface area contributed by atoms with E-state index in [2.05, 4.69) is 392 Å². The standard InChI is InChI=1S/C22H25N.C22H22.C22H24.C21H20.C21H22/c1-15-10-16(2)12-19(11-15)21-20-7-6-17(14-22(3,4)5)13-18(20)8-9-23-21;1-16-6-4-9-19(14-16)21-11-5-10-20-15-18(12-13-22(20)21)17-7-2-3-8-17;1-16-7-5-8-18(13-16)20-10-6-9-19-14-17(11-12-21(19)20)15-22(2,3)4;1-2-9-17(10-3-1)20-12-6-11-19-15-18(13-14-21(19)20)16-7-4-5-8-16;1-21(2,3)15-16-12-13-20-18(14-16)10-7-11-19(20)17-8-5-4-6-9-17/h6-13H,14H2,1-5H3;4-6,9-15,17H,2-3,7-8H2,1H3;5-14H,15H2,1-4H3;1-3,6,9-16H,4-5,7-8H2;4-14H,15H2,1-3H3. The Morgan fingerprint density at radius 2 is 0.569 bits per heavy atom. The summed E-state index contributed by atoms with van der Waals surface area (Å²) in [6, 6.07) is 109. The van der Waals surface area contributed by atoms with Crippen LogP contribution in [0.25, 0.3) is 110 Å². The number of fused-ring (bicyclic) bond motifs is 5. The van der Waals surface area contributed by atoms with Crippen molar-refractivity contribution in [3.8, 4) is 55.8 Å². The van der Waals surface area contributed by atoms with E-state index in [1.165, 1.54) is 205 Å². The maximum Gasteiger partial charge on any atom is 0.0780 e. The second kappa shape index (κ2) is 34.4. The van der Waals surface area contributed by atoms with Crippen molar-refractivity contribution in [2.45, 2.75) is 172 Å². The number of aryl methyl sites for hydroxylation is 4. The third kappa shape index (κ3) is 20.3. The molecule has 1 nitrogen and oxygen atoms in total. The first-order chi connectivity index (χ1) is 52.5. The summed E-state index contributed by atoms with van der Waals surface area (Å²) in [5, 5.41) is 13.3. The van der Waals surface area contributed by atoms with Crippen molar-refractivity contribution in [3.05, 3.63) is 354 Å². The molecule has 0 amide bonds. The van der Waals surface area contributed by atoms with E-state index in [-0.39, 0.29) is 0 Å². The lowest BCUT2D eigenvalue weighted by Gasteiger charge is -2.18. The lowest BCUT2D eigenvalue weighted by atomic mass is 9.87. The Labute approximate surface area is 652 Å². The topological polar surface area (TPSA) is 12.9 Å². The van der Waals surface area contributed by atoms with Gasteiger partial charge in [0.05, 0.1) is 5.69 Å². The minimum atomic E-state index is 0.303. The van der Waals surface area contributed by atoms with Crippen molar-refractivity contribution >= 4 is 53.9 Å². The summed E-state index contributed by atoms with van der Waals surface area (Å²) in [6.07, 6.45) is 16.3. The molecule has 0 radical (unpaired) electrons. The first-order valence-corrected chi connectivity index (χ1v) is 40.3. The Bertz CT molecular complexity index is 5560. The Balaban J connectivity index is 0.000000120. The van der Waals surface area contributed by atoms with E-state index in [9.17, 15) is 0 Å². The molecule has 1 heterocycles. The molecule has 0 saturated heterocycles. The van der Waals surface area contributed by atoms with Crippen LogP contribution in [0.2, 0.25) is 0 Å². The lowest BCUT2D eigenvalue weighted by Crippen LogP contribution is -2.08. The number of rotatable bonds is 10. The molecule has 0 atom stereocenters. The SMILES string of the molecule is CC(C)(C)Cc1ccc2c(-c3ccccc3)cccc2c1.Cc1cc(C)cc(-c2nccc3cc(CC(C)(C)C)ccc23)c1.Cc1cccc(-c2cccc3cc(C4CCCC4)ccc23)c1.Cc1cccc(-c2cccc3cc(CC(C)(C)C)ccc23)c1.c1ccc(-c2cccc3cc(C4CCCC4)ccc23)cc1. The molecule has 1 heteroatoms. The molecular weight excluding hydrogens is 1310 g/mol. The van der Waals surface area contributed by atoms with E-state index in [0.29, 0.717) is 16.2 Å². The van der Waals surface area contributed by atoms with Crippen LogP contribution < -0.4 is 0 Å². The number of aromatic nitrogens is 1. The van der Waals surface area contributed by atoms with Crippen LogP contribution in [0.3, 0.4) is 0 Å². The molecule has 0 spiro atoms. The van der Waals surface area contributed by atoms with E-state index < -0.39 is 0 Å². The van der Waals surface area contributed by atoms with E-state index in [4.69, 9.17) is 0 Å². The second-order valence-corrected chi connectivity index (χ2v) is 35.0. The highest BCUT2D eigenvalue weighted by Gasteiger charge is 2.21. The quantitative estimate of drug-likeness (QED) is 0.133. The first kappa shape index (κ1) is 76.7. The first-order valence-electron chi connectivity index (χ1n) is 40.3. The molecule has 2 aliphatic carbocycles. The van der Waals surface area contributed by atoms with Crippen LogP contribution in [0.15, 0.2) is 303 Å². The normalized spacial score (nSPS) is 13.3. The highest BCUT2D eigenvalue weighted by atomic mass is 14.7. The molecule has 2 aliphatic rings. The number of hydrogen-bond donors (Lipinski definition) is 0. The summed E-state index contributed by atoms with van der Waals surface area (Å²) in [6.45, 7) is 29.2. The van der Waals surface area contributed by atoms with Gasteiger partial charge in [-0.05, 0) is 240 Å². The zero-order chi connectivity index (χ0) is 76.2. The van der Waals surface area contributed by atoms with Gasteiger partial charge in [-0.2, -0.15) is 0 Å². The molecule has 14 aromatic carbocycles. The van der Waals surface area contributed by atoms with Crippen molar-refractivity contribution in [1.82, 2.24) is 4.98 Å². The van der Waals surface area contributed by atoms with Gasteiger partial charge in [-0.15, -0.1) is 0 Å². The Kier molecular flexibility index (Phi) is 24.2. The van der Waals surface area contributed by atoms with E-state index >= 15 is 0 Å². The van der Waals surface area contributed by atoms with Gasteiger partial charge >= 0.3 is 0 Å². The molecule has 17 rings (SSSR count). The van der Waals surface area contributed by atoms with Crippen molar-refractivity contribution in [2.24, 2.45) is 16.2 Å². The molecule has 0 aliphatic heterocycles. The van der Waals surface area contributed by atoms with Crippen molar-refractivity contribution in [3.63, 3.8) is 0 Å². The molecule has 109 heavy (non-hydrogen) atoms. The van der Waals surface area contributed by atoms with Gasteiger partial charge < -0.3 is 0 Å². The molecule has 0 N–H and O–H groups in total. The minimum Gasteiger partial charge on any atom is -0.256 e. The molecule has 0 bridgehead atoms. The maximum atomic E-state index is 4.66. The summed E-state index contributed by atoms with van der Waals surface area (Å²) in [5.74, 6) is 1.57. The van der Waals surface area contributed by atoms with Crippen LogP contribution in [-0.4, -0.2) is 4.98 Å². The smallest absolute Gasteiger partial charge is 0.0780 e. The van der Waals surface area contributed by atoms with Gasteiger partial charge in [0.2, 0.25) is 0 Å². The van der Waals surface area contributed by atoms with E-state index in [1.54, 1.807) is 0 Å². The van der Waals surface area contributed by atoms with Gasteiger partial charge in [-0.1, -0.05) is 389 Å². The zero-order valence-electron chi connectivity index (χ0n) is 67.2. The second-order valence-electron chi connectivity index (χ2n) is 35.0. The van der Waals surface area contributed by atoms with Crippen LogP contribution in [-0.2, 0) is 19.3 Å². The van der Waals surface area contributed by atoms with Gasteiger partial charge in [0.15, 0.2) is 0 Å². The van der Waals surface area contributed by atoms with Crippen LogP contribution in [0, 0.1) is 43.9 Å². The third-order valence-electron chi connectivity index (χ3n) is 21.7. The molecule has 550 valence electrons. The third-order valence-corrected chi connectivity index (χ3v) is 21.7. The van der Waals surface area contributed by atoms with Crippen molar-refractivity contribution in [1.29, 1.82) is 0 Å². The van der Waals surface area contributed by atoms with Crippen molar-refractivity contribution in [2.75, 3.05) is 0 Å². The number of benzene rings is 14. The maximum absolute atomic E-state index is 4.66. The lowest BCUT2D eigenvalue weighted by molar-refractivity contribution is 0.411. The van der Waals surface area contributed by atoms with Crippen LogP contribution in [0.4, 0.5) is 0 Å². The molecule has 15 aromatic rings. The summed E-state index contributed by atoms with van der Waals surface area (Å²) < 4.78 is 0. The fraction of sp³-hybridized carbons (Fsp3) is 0.269. The van der Waals surface area contributed by atoms with Crippen LogP contribution >= 0.6 is 0 Å². The molecule has 1 aromatic heterocycles. The Hall–Kier alpha value is -10.5. The highest BCUT2D eigenvalue weighted by molar-refractivity contribution is 6.01.